The van der Waals surface area contributed by atoms with Crippen molar-refractivity contribution < 1.29 is 14.3 Å². The number of aryl methyl sites for hydroxylation is 1. The molecule has 0 radical (unpaired) electrons. The zero-order chi connectivity index (χ0) is 19.9. The average molecular weight is 393 g/mol. The largest absolute Gasteiger partial charge is 0.422 e. The van der Waals surface area contributed by atoms with Crippen molar-refractivity contribution in [1.82, 2.24) is 5.43 Å². The molecule has 3 rings (SSSR count). The van der Waals surface area contributed by atoms with Gasteiger partial charge in [0.05, 0.1) is 11.8 Å². The summed E-state index contributed by atoms with van der Waals surface area (Å²) in [7, 11) is 0. The third kappa shape index (κ3) is 5.05. The van der Waals surface area contributed by atoms with Gasteiger partial charge in [-0.25, -0.2) is 10.2 Å². The number of halogens is 1. The predicted octanol–water partition coefficient (Wildman–Crippen LogP) is 4.63. The van der Waals surface area contributed by atoms with E-state index in [1.165, 1.54) is 6.21 Å². The van der Waals surface area contributed by atoms with Crippen molar-refractivity contribution in [3.05, 3.63) is 100 Å². The number of rotatable bonds is 5. The van der Waals surface area contributed by atoms with Crippen LogP contribution in [0, 0.1) is 6.92 Å². The summed E-state index contributed by atoms with van der Waals surface area (Å²) in [5.74, 6) is -0.507. The predicted molar refractivity (Wildman–Crippen MR) is 109 cm³/mol. The molecular weight excluding hydrogens is 376 g/mol. The molecule has 0 saturated heterocycles. The van der Waals surface area contributed by atoms with Crippen LogP contribution in [0.2, 0.25) is 5.02 Å². The zero-order valence-corrected chi connectivity index (χ0v) is 15.8. The monoisotopic (exact) mass is 392 g/mol. The van der Waals surface area contributed by atoms with Crippen LogP contribution in [-0.4, -0.2) is 18.1 Å². The maximum atomic E-state index is 12.3. The number of hydrazone groups is 1. The Morgan fingerprint density at radius 1 is 0.964 bits per heavy atom. The Kier molecular flexibility index (Phi) is 6.19. The minimum Gasteiger partial charge on any atom is -0.422 e. The van der Waals surface area contributed by atoms with Crippen LogP contribution in [0.1, 0.15) is 31.8 Å². The summed E-state index contributed by atoms with van der Waals surface area (Å²) in [6.45, 7) is 1.91. The molecule has 0 fully saturated rings. The summed E-state index contributed by atoms with van der Waals surface area (Å²) in [5.41, 5.74) is 4.89. The number of ether oxygens (including phenoxy) is 1. The van der Waals surface area contributed by atoms with E-state index in [9.17, 15) is 9.59 Å². The number of benzene rings is 3. The molecule has 0 heterocycles. The van der Waals surface area contributed by atoms with Crippen LogP contribution in [-0.2, 0) is 0 Å². The van der Waals surface area contributed by atoms with Crippen LogP contribution in [0.3, 0.4) is 0 Å². The number of hydrogen-bond donors (Lipinski definition) is 1. The van der Waals surface area contributed by atoms with Gasteiger partial charge in [-0.1, -0.05) is 41.4 Å². The van der Waals surface area contributed by atoms with Crippen LogP contribution in [0.4, 0.5) is 0 Å². The molecule has 1 amide bonds. The lowest BCUT2D eigenvalue weighted by Crippen LogP contribution is -2.17. The van der Waals surface area contributed by atoms with E-state index in [0.29, 0.717) is 27.5 Å². The summed E-state index contributed by atoms with van der Waals surface area (Å²) in [6.07, 6.45) is 1.43. The maximum Gasteiger partial charge on any atom is 0.343 e. The van der Waals surface area contributed by atoms with E-state index in [2.05, 4.69) is 10.5 Å². The van der Waals surface area contributed by atoms with Gasteiger partial charge in [-0.3, -0.25) is 4.79 Å². The van der Waals surface area contributed by atoms with E-state index < -0.39 is 5.97 Å². The number of nitrogens with one attached hydrogen (secondary N) is 1. The first kappa shape index (κ1) is 19.3. The lowest BCUT2D eigenvalue weighted by Gasteiger charge is -2.07. The Bertz CT molecular complexity index is 1030. The lowest BCUT2D eigenvalue weighted by atomic mass is 10.1. The smallest absolute Gasteiger partial charge is 0.343 e. The summed E-state index contributed by atoms with van der Waals surface area (Å²) < 4.78 is 5.44. The van der Waals surface area contributed by atoms with Crippen LogP contribution in [0.5, 0.6) is 5.75 Å². The molecule has 1 N–H and O–H groups in total. The van der Waals surface area contributed by atoms with E-state index in [0.717, 1.165) is 5.56 Å². The van der Waals surface area contributed by atoms with Crippen molar-refractivity contribution in [3.8, 4) is 5.75 Å². The standard InChI is InChI=1S/C22H17ClN2O3/c1-15-5-4-7-17(13-15)21(26)25-24-14-18-6-2-3-8-20(18)28-22(27)16-9-11-19(23)12-10-16/h2-14H,1H3,(H,25,26)/b24-14+. The fraction of sp³-hybridized carbons (Fsp3) is 0.0455. The van der Waals surface area contributed by atoms with E-state index in [4.69, 9.17) is 16.3 Å². The van der Waals surface area contributed by atoms with Crippen LogP contribution in [0.15, 0.2) is 77.9 Å². The molecule has 0 atom stereocenters. The van der Waals surface area contributed by atoms with Gasteiger partial charge < -0.3 is 4.74 Å². The van der Waals surface area contributed by atoms with Crippen molar-refractivity contribution >= 4 is 29.7 Å². The Balaban J connectivity index is 1.69. The van der Waals surface area contributed by atoms with Gasteiger partial charge in [0, 0.05) is 16.1 Å². The second-order valence-electron chi connectivity index (χ2n) is 6.00. The molecule has 0 aliphatic carbocycles. The highest BCUT2D eigenvalue weighted by atomic mass is 35.5. The summed E-state index contributed by atoms with van der Waals surface area (Å²) in [4.78, 5) is 24.4. The minimum atomic E-state index is -0.513. The van der Waals surface area contributed by atoms with Crippen LogP contribution >= 0.6 is 11.6 Å². The van der Waals surface area contributed by atoms with Crippen molar-refractivity contribution in [3.63, 3.8) is 0 Å². The molecule has 6 heteroatoms. The molecular formula is C22H17ClN2O3. The number of amides is 1. The molecule has 3 aromatic carbocycles. The Hall–Kier alpha value is -3.44. The summed E-state index contributed by atoms with van der Waals surface area (Å²) >= 11 is 5.83. The highest BCUT2D eigenvalue weighted by Gasteiger charge is 2.11. The summed E-state index contributed by atoms with van der Waals surface area (Å²) in [6, 6.07) is 20.5. The minimum absolute atomic E-state index is 0.324. The third-order valence-electron chi connectivity index (χ3n) is 3.85. The second-order valence-corrected chi connectivity index (χ2v) is 6.44. The Labute approximate surface area is 167 Å². The van der Waals surface area contributed by atoms with Crippen molar-refractivity contribution in [2.45, 2.75) is 6.92 Å². The van der Waals surface area contributed by atoms with Crippen LogP contribution in [0.25, 0.3) is 0 Å². The molecule has 28 heavy (non-hydrogen) atoms. The van der Waals surface area contributed by atoms with Crippen molar-refractivity contribution in [2.75, 3.05) is 0 Å². The van der Waals surface area contributed by atoms with Crippen molar-refractivity contribution in [2.24, 2.45) is 5.10 Å². The van der Waals surface area contributed by atoms with Crippen LogP contribution < -0.4 is 10.2 Å². The number of carbonyl (C=O) groups excluding carboxylic acids is 2. The van der Waals surface area contributed by atoms with Gasteiger partial charge in [0.2, 0.25) is 0 Å². The molecule has 0 aliphatic rings. The first-order chi connectivity index (χ1) is 13.5. The van der Waals surface area contributed by atoms with E-state index in [1.54, 1.807) is 66.7 Å². The fourth-order valence-electron chi connectivity index (χ4n) is 2.44. The molecule has 140 valence electrons. The van der Waals surface area contributed by atoms with E-state index in [-0.39, 0.29) is 5.91 Å². The molecule has 0 aliphatic heterocycles. The van der Waals surface area contributed by atoms with Gasteiger partial charge in [0.15, 0.2) is 0 Å². The molecule has 0 spiro atoms. The molecule has 3 aromatic rings. The lowest BCUT2D eigenvalue weighted by molar-refractivity contribution is 0.0734. The Morgan fingerprint density at radius 3 is 2.46 bits per heavy atom. The quantitative estimate of drug-likeness (QED) is 0.298. The third-order valence-corrected chi connectivity index (χ3v) is 4.10. The summed E-state index contributed by atoms with van der Waals surface area (Å²) in [5, 5.41) is 4.50. The molecule has 0 aromatic heterocycles. The number of hydrogen-bond acceptors (Lipinski definition) is 4. The average Bonchev–Trinajstić information content (AvgIpc) is 2.69. The van der Waals surface area contributed by atoms with E-state index in [1.807, 2.05) is 13.0 Å². The maximum absolute atomic E-state index is 12.3. The van der Waals surface area contributed by atoms with Gasteiger partial charge >= 0.3 is 5.97 Å². The van der Waals surface area contributed by atoms with Crippen molar-refractivity contribution in [1.29, 1.82) is 0 Å². The zero-order valence-electron chi connectivity index (χ0n) is 15.1. The number of carbonyl (C=O) groups is 2. The molecule has 0 bridgehead atoms. The molecule has 5 nitrogen and oxygen atoms in total. The highest BCUT2D eigenvalue weighted by Crippen LogP contribution is 2.18. The van der Waals surface area contributed by atoms with Gasteiger partial charge in [-0.2, -0.15) is 5.10 Å². The van der Waals surface area contributed by atoms with Gasteiger partial charge in [-0.05, 0) is 55.5 Å². The second kappa shape index (κ2) is 8.97. The normalized spacial score (nSPS) is 10.6. The topological polar surface area (TPSA) is 67.8 Å². The van der Waals surface area contributed by atoms with Gasteiger partial charge in [-0.15, -0.1) is 0 Å². The highest BCUT2D eigenvalue weighted by molar-refractivity contribution is 6.30. The van der Waals surface area contributed by atoms with Gasteiger partial charge in [0.1, 0.15) is 5.75 Å². The molecule has 0 unspecified atom stereocenters. The van der Waals surface area contributed by atoms with E-state index >= 15 is 0 Å². The Morgan fingerprint density at radius 2 is 1.71 bits per heavy atom. The first-order valence-electron chi connectivity index (χ1n) is 8.50. The first-order valence-corrected chi connectivity index (χ1v) is 8.87. The number of para-hydroxylation sites is 1. The molecule has 0 saturated carbocycles. The SMILES string of the molecule is Cc1cccc(C(=O)N/N=C/c2ccccc2OC(=O)c2ccc(Cl)cc2)c1. The fourth-order valence-corrected chi connectivity index (χ4v) is 2.56. The van der Waals surface area contributed by atoms with Gasteiger partial charge in [0.25, 0.3) is 5.91 Å². The number of esters is 1. The number of nitrogens with zero attached hydrogens (tertiary/aromatic N) is 1.